The zero-order valence-electron chi connectivity index (χ0n) is 10.4. The van der Waals surface area contributed by atoms with Crippen LogP contribution in [-0.4, -0.2) is 19.5 Å². The highest BCUT2D eigenvalue weighted by atomic mass is 79.9. The number of hydrogen-bond donors (Lipinski definition) is 2. The van der Waals surface area contributed by atoms with Gasteiger partial charge in [-0.15, -0.1) is 0 Å². The van der Waals surface area contributed by atoms with Gasteiger partial charge in [-0.05, 0) is 42.5 Å². The summed E-state index contributed by atoms with van der Waals surface area (Å²) in [5, 5.41) is 8.84. The number of benzene rings is 2. The van der Waals surface area contributed by atoms with Crippen molar-refractivity contribution in [1.29, 1.82) is 0 Å². The van der Waals surface area contributed by atoms with Gasteiger partial charge in [0.2, 0.25) is 0 Å². The van der Waals surface area contributed by atoms with Crippen LogP contribution in [0.3, 0.4) is 0 Å². The van der Waals surface area contributed by atoms with E-state index in [1.165, 1.54) is 24.3 Å². The largest absolute Gasteiger partial charge is 0.478 e. The molecule has 0 radical (unpaired) electrons. The molecule has 0 saturated carbocycles. The van der Waals surface area contributed by atoms with Crippen molar-refractivity contribution < 1.29 is 22.7 Å². The molecule has 8 heteroatoms. The molecule has 0 unspecified atom stereocenters. The number of carbonyl (C=O) groups is 1. The lowest BCUT2D eigenvalue weighted by Crippen LogP contribution is -2.14. The Hall–Kier alpha value is -1.93. The van der Waals surface area contributed by atoms with E-state index in [0.29, 0.717) is 4.47 Å². The quantitative estimate of drug-likeness (QED) is 0.862. The first-order chi connectivity index (χ1) is 9.79. The van der Waals surface area contributed by atoms with Crippen LogP contribution >= 0.6 is 15.9 Å². The number of nitrogens with one attached hydrogen (secondary N) is 1. The molecule has 0 heterocycles. The second-order valence-corrected chi connectivity index (χ2v) is 6.66. The summed E-state index contributed by atoms with van der Waals surface area (Å²) in [6, 6.07) is 8.60. The molecule has 0 fully saturated rings. The average molecular weight is 374 g/mol. The highest BCUT2D eigenvalue weighted by Crippen LogP contribution is 2.22. The normalized spacial score (nSPS) is 11.1. The molecule has 0 amide bonds. The van der Waals surface area contributed by atoms with E-state index < -0.39 is 27.5 Å². The van der Waals surface area contributed by atoms with E-state index in [9.17, 15) is 17.6 Å². The fourth-order valence-corrected chi connectivity index (χ4v) is 2.88. The van der Waals surface area contributed by atoms with Crippen LogP contribution in [0, 0.1) is 5.82 Å². The summed E-state index contributed by atoms with van der Waals surface area (Å²) in [4.78, 5) is 10.8. The van der Waals surface area contributed by atoms with Crippen LogP contribution in [-0.2, 0) is 10.0 Å². The van der Waals surface area contributed by atoms with Gasteiger partial charge in [0, 0.05) is 4.47 Å². The predicted octanol–water partition coefficient (Wildman–Crippen LogP) is 3.09. The molecule has 0 aliphatic carbocycles. The van der Waals surface area contributed by atoms with Gasteiger partial charge in [0.05, 0.1) is 16.1 Å². The molecule has 110 valence electrons. The lowest BCUT2D eigenvalue weighted by molar-refractivity contribution is 0.0697. The van der Waals surface area contributed by atoms with Gasteiger partial charge in [-0.1, -0.05) is 15.9 Å². The van der Waals surface area contributed by atoms with Crippen LogP contribution in [0.25, 0.3) is 0 Å². The van der Waals surface area contributed by atoms with Crippen LogP contribution in [0.4, 0.5) is 10.1 Å². The van der Waals surface area contributed by atoms with Gasteiger partial charge in [-0.25, -0.2) is 17.6 Å². The van der Waals surface area contributed by atoms with Gasteiger partial charge in [0.25, 0.3) is 10.0 Å². The summed E-state index contributed by atoms with van der Waals surface area (Å²) in [7, 11) is -4.00. The number of hydrogen-bond acceptors (Lipinski definition) is 3. The number of anilines is 1. The van der Waals surface area contributed by atoms with Crippen LogP contribution in [0.2, 0.25) is 0 Å². The first-order valence-corrected chi connectivity index (χ1v) is 7.88. The van der Waals surface area contributed by atoms with Gasteiger partial charge in [0.1, 0.15) is 5.82 Å². The van der Waals surface area contributed by atoms with Crippen LogP contribution in [0.5, 0.6) is 0 Å². The number of aromatic carboxylic acids is 1. The van der Waals surface area contributed by atoms with Crippen LogP contribution in [0.1, 0.15) is 10.4 Å². The summed E-state index contributed by atoms with van der Waals surface area (Å²) in [6.45, 7) is 0. The second-order valence-electron chi connectivity index (χ2n) is 4.06. The topological polar surface area (TPSA) is 83.5 Å². The molecule has 0 aliphatic heterocycles. The summed E-state index contributed by atoms with van der Waals surface area (Å²) in [5.41, 5.74) is -0.636. The van der Waals surface area contributed by atoms with Gasteiger partial charge in [-0.3, -0.25) is 4.72 Å². The number of carboxylic acid groups (broad SMARTS) is 1. The minimum atomic E-state index is -4.00. The van der Waals surface area contributed by atoms with Crippen molar-refractivity contribution >= 4 is 37.6 Å². The summed E-state index contributed by atoms with van der Waals surface area (Å²) in [6.07, 6.45) is 0. The van der Waals surface area contributed by atoms with E-state index in [1.807, 2.05) is 4.72 Å². The Morgan fingerprint density at radius 3 is 2.33 bits per heavy atom. The SMILES string of the molecule is O=C(O)c1ccc(F)c(NS(=O)(=O)c2ccc(Br)cc2)c1. The number of carboxylic acids is 1. The molecular weight excluding hydrogens is 365 g/mol. The Bertz CT molecular complexity index is 790. The third-order valence-electron chi connectivity index (χ3n) is 2.58. The fourth-order valence-electron chi connectivity index (χ4n) is 1.55. The highest BCUT2D eigenvalue weighted by molar-refractivity contribution is 9.10. The van der Waals surface area contributed by atoms with Crippen molar-refractivity contribution in [3.05, 3.63) is 58.3 Å². The number of sulfonamides is 1. The molecule has 5 nitrogen and oxygen atoms in total. The fraction of sp³-hybridized carbons (Fsp3) is 0. The maximum atomic E-state index is 13.6. The average Bonchev–Trinajstić information content (AvgIpc) is 2.41. The van der Waals surface area contributed by atoms with E-state index in [2.05, 4.69) is 15.9 Å². The van der Waals surface area contributed by atoms with E-state index in [-0.39, 0.29) is 10.5 Å². The third kappa shape index (κ3) is 3.59. The number of halogens is 2. The zero-order valence-corrected chi connectivity index (χ0v) is 12.8. The summed E-state index contributed by atoms with van der Waals surface area (Å²) >= 11 is 3.18. The molecule has 0 aromatic heterocycles. The van der Waals surface area contributed by atoms with E-state index in [4.69, 9.17) is 5.11 Å². The van der Waals surface area contributed by atoms with Gasteiger partial charge < -0.3 is 5.11 Å². The minimum Gasteiger partial charge on any atom is -0.478 e. The molecular formula is C13H9BrFNO4S. The highest BCUT2D eigenvalue weighted by Gasteiger charge is 2.17. The van der Waals surface area contributed by atoms with Crippen LogP contribution < -0.4 is 4.72 Å². The Morgan fingerprint density at radius 1 is 1.14 bits per heavy atom. The Kier molecular flexibility index (Phi) is 4.29. The molecule has 2 N–H and O–H groups in total. The summed E-state index contributed by atoms with van der Waals surface area (Å²) in [5.74, 6) is -2.14. The van der Waals surface area contributed by atoms with Gasteiger partial charge in [-0.2, -0.15) is 0 Å². The molecule has 2 aromatic carbocycles. The summed E-state index contributed by atoms with van der Waals surface area (Å²) < 4.78 is 40.6. The first-order valence-electron chi connectivity index (χ1n) is 5.61. The van der Waals surface area contributed by atoms with Crippen molar-refractivity contribution in [2.24, 2.45) is 0 Å². The predicted molar refractivity (Wildman–Crippen MR) is 78.3 cm³/mol. The van der Waals surface area contributed by atoms with Gasteiger partial charge >= 0.3 is 5.97 Å². The van der Waals surface area contributed by atoms with E-state index in [0.717, 1.165) is 18.2 Å². The standard InChI is InChI=1S/C13H9BrFNO4S/c14-9-2-4-10(5-3-9)21(19,20)16-12-7-8(13(17)18)1-6-11(12)15/h1-7,16H,(H,17,18). The molecule has 0 saturated heterocycles. The first kappa shape index (κ1) is 15.5. The van der Waals surface area contributed by atoms with E-state index >= 15 is 0 Å². The van der Waals surface area contributed by atoms with Crippen molar-refractivity contribution in [3.63, 3.8) is 0 Å². The lowest BCUT2D eigenvalue weighted by Gasteiger charge is -2.09. The maximum absolute atomic E-state index is 13.6. The van der Waals surface area contributed by atoms with Crippen molar-refractivity contribution in [3.8, 4) is 0 Å². The smallest absolute Gasteiger partial charge is 0.335 e. The molecule has 0 atom stereocenters. The van der Waals surface area contributed by atoms with Crippen LogP contribution in [0.15, 0.2) is 51.8 Å². The molecule has 0 bridgehead atoms. The minimum absolute atomic E-state index is 0.0640. The zero-order chi connectivity index (χ0) is 15.6. The Balaban J connectivity index is 2.38. The monoisotopic (exact) mass is 373 g/mol. The molecule has 0 aliphatic rings. The lowest BCUT2D eigenvalue weighted by atomic mass is 10.2. The van der Waals surface area contributed by atoms with Crippen molar-refractivity contribution in [1.82, 2.24) is 0 Å². The molecule has 0 spiro atoms. The van der Waals surface area contributed by atoms with Crippen molar-refractivity contribution in [2.75, 3.05) is 4.72 Å². The molecule has 2 aromatic rings. The van der Waals surface area contributed by atoms with Crippen molar-refractivity contribution in [2.45, 2.75) is 4.90 Å². The van der Waals surface area contributed by atoms with Gasteiger partial charge in [0.15, 0.2) is 0 Å². The maximum Gasteiger partial charge on any atom is 0.335 e. The number of rotatable bonds is 4. The molecule has 21 heavy (non-hydrogen) atoms. The second kappa shape index (κ2) is 5.82. The van der Waals surface area contributed by atoms with E-state index in [1.54, 1.807) is 0 Å². The Morgan fingerprint density at radius 2 is 1.76 bits per heavy atom. The molecule has 2 rings (SSSR count). The third-order valence-corrected chi connectivity index (χ3v) is 4.49. The Labute approximate surface area is 128 Å².